The molecular formula is C30H31F3N6O2. The van der Waals surface area contributed by atoms with E-state index in [0.29, 0.717) is 31.0 Å². The predicted molar refractivity (Wildman–Crippen MR) is 153 cm³/mol. The molecule has 41 heavy (non-hydrogen) atoms. The van der Waals surface area contributed by atoms with E-state index in [9.17, 15) is 13.2 Å². The molecule has 1 aliphatic rings. The second-order valence-electron chi connectivity index (χ2n) is 10.0. The highest BCUT2D eigenvalue weighted by molar-refractivity contribution is 5.91. The molecule has 0 aliphatic carbocycles. The zero-order chi connectivity index (χ0) is 28.4. The van der Waals surface area contributed by atoms with E-state index in [-0.39, 0.29) is 5.52 Å². The van der Waals surface area contributed by atoms with E-state index in [2.05, 4.69) is 37.7 Å². The second-order valence-corrected chi connectivity index (χ2v) is 10.0. The van der Waals surface area contributed by atoms with Gasteiger partial charge < -0.3 is 24.3 Å². The van der Waals surface area contributed by atoms with Crippen molar-refractivity contribution in [2.45, 2.75) is 19.5 Å². The standard InChI is InChI=1S/C30H31F3N6O2/c1-2-18-40-21-11-9-20(10-12-21)28-34-22-5-3-7-24(26(22)36-28)39-15-13-38(14-16-39)17-19-41-25-8-4-6-23-27(25)37-29(35-23)30(31,32)33/h3-12H,2,13-19H2,1H3,(H,34,36)(H,35,37). The quantitative estimate of drug-likeness (QED) is 0.225. The molecule has 2 aromatic heterocycles. The number of hydrogen-bond acceptors (Lipinski definition) is 6. The number of fused-ring (bicyclic) bond motifs is 2. The van der Waals surface area contributed by atoms with Crippen LogP contribution in [0.3, 0.4) is 0 Å². The van der Waals surface area contributed by atoms with Crippen LogP contribution >= 0.6 is 0 Å². The largest absolute Gasteiger partial charge is 0.494 e. The highest BCUT2D eigenvalue weighted by Gasteiger charge is 2.35. The van der Waals surface area contributed by atoms with E-state index >= 15 is 0 Å². The molecule has 0 bridgehead atoms. The van der Waals surface area contributed by atoms with Crippen molar-refractivity contribution in [1.29, 1.82) is 0 Å². The van der Waals surface area contributed by atoms with Crippen LogP contribution < -0.4 is 14.4 Å². The number of aromatic amines is 2. The summed E-state index contributed by atoms with van der Waals surface area (Å²) >= 11 is 0. The first-order chi connectivity index (χ1) is 19.9. The van der Waals surface area contributed by atoms with Gasteiger partial charge in [0.2, 0.25) is 5.82 Å². The van der Waals surface area contributed by atoms with Crippen LogP contribution in [-0.2, 0) is 6.18 Å². The van der Waals surface area contributed by atoms with Gasteiger partial charge in [0.05, 0.1) is 23.3 Å². The Kier molecular flexibility index (Phi) is 7.44. The average Bonchev–Trinajstić information content (AvgIpc) is 3.62. The van der Waals surface area contributed by atoms with Gasteiger partial charge in [-0.15, -0.1) is 0 Å². The predicted octanol–water partition coefficient (Wildman–Crippen LogP) is 6.11. The number of H-pyrrole nitrogens is 2. The maximum atomic E-state index is 13.1. The Morgan fingerprint density at radius 1 is 0.805 bits per heavy atom. The molecule has 6 rings (SSSR count). The maximum absolute atomic E-state index is 13.1. The number of hydrogen-bond donors (Lipinski definition) is 2. The minimum absolute atomic E-state index is 0.192. The third-order valence-corrected chi connectivity index (χ3v) is 7.21. The molecule has 3 heterocycles. The van der Waals surface area contributed by atoms with Crippen molar-refractivity contribution < 1.29 is 22.6 Å². The molecule has 3 aromatic carbocycles. The molecular weight excluding hydrogens is 533 g/mol. The van der Waals surface area contributed by atoms with Crippen LogP contribution in [0, 0.1) is 0 Å². The van der Waals surface area contributed by atoms with Gasteiger partial charge in [0.1, 0.15) is 35.0 Å². The number of nitrogens with zero attached hydrogens (tertiary/aromatic N) is 4. The van der Waals surface area contributed by atoms with Crippen LogP contribution in [0.1, 0.15) is 19.2 Å². The number of piperazine rings is 1. The van der Waals surface area contributed by atoms with Crippen molar-refractivity contribution in [3.05, 3.63) is 66.5 Å². The summed E-state index contributed by atoms with van der Waals surface area (Å²) in [7, 11) is 0. The molecule has 0 atom stereocenters. The summed E-state index contributed by atoms with van der Waals surface area (Å²) in [6.45, 7) is 7.12. The highest BCUT2D eigenvalue weighted by Crippen LogP contribution is 2.32. The third kappa shape index (κ3) is 5.81. The number of aromatic nitrogens is 4. The van der Waals surface area contributed by atoms with Crippen LogP contribution in [0.2, 0.25) is 0 Å². The molecule has 1 saturated heterocycles. The van der Waals surface area contributed by atoms with Gasteiger partial charge in [0, 0.05) is 38.3 Å². The molecule has 0 spiro atoms. The first kappa shape index (κ1) is 26.9. The summed E-state index contributed by atoms with van der Waals surface area (Å²) in [6, 6.07) is 19.0. The summed E-state index contributed by atoms with van der Waals surface area (Å²) < 4.78 is 50.8. The van der Waals surface area contributed by atoms with Gasteiger partial charge in [-0.25, -0.2) is 9.97 Å². The van der Waals surface area contributed by atoms with Gasteiger partial charge in [0.15, 0.2) is 0 Å². The van der Waals surface area contributed by atoms with Crippen LogP contribution in [0.5, 0.6) is 11.5 Å². The Morgan fingerprint density at radius 2 is 1.54 bits per heavy atom. The number of para-hydroxylation sites is 2. The molecule has 5 aromatic rings. The van der Waals surface area contributed by atoms with Crippen molar-refractivity contribution in [2.75, 3.05) is 50.8 Å². The SMILES string of the molecule is CCCOc1ccc(-c2nc3c(N4CCN(CCOc5cccc6[nH]c(C(F)(F)F)nc56)CC4)cccc3[nH]2)cc1. The second kappa shape index (κ2) is 11.3. The Labute approximate surface area is 235 Å². The fourth-order valence-corrected chi connectivity index (χ4v) is 5.09. The minimum atomic E-state index is -4.54. The first-order valence-corrected chi connectivity index (χ1v) is 13.8. The summed E-state index contributed by atoms with van der Waals surface area (Å²) in [4.78, 5) is 19.1. The number of nitrogens with one attached hydrogen (secondary N) is 2. The Balaban J connectivity index is 1.07. The number of imidazole rings is 2. The molecule has 214 valence electrons. The van der Waals surface area contributed by atoms with Gasteiger partial charge in [0.25, 0.3) is 0 Å². The molecule has 2 N–H and O–H groups in total. The van der Waals surface area contributed by atoms with E-state index in [1.807, 2.05) is 36.4 Å². The van der Waals surface area contributed by atoms with Crippen molar-refractivity contribution in [3.8, 4) is 22.9 Å². The topological polar surface area (TPSA) is 82.3 Å². The zero-order valence-electron chi connectivity index (χ0n) is 22.7. The molecule has 0 amide bonds. The lowest BCUT2D eigenvalue weighted by Crippen LogP contribution is -2.47. The molecule has 1 aliphatic heterocycles. The number of halogens is 3. The molecule has 1 fully saturated rings. The lowest BCUT2D eigenvalue weighted by Gasteiger charge is -2.36. The van der Waals surface area contributed by atoms with E-state index < -0.39 is 12.0 Å². The van der Waals surface area contributed by atoms with Gasteiger partial charge in [-0.3, -0.25) is 4.90 Å². The van der Waals surface area contributed by atoms with Crippen LogP contribution in [0.25, 0.3) is 33.5 Å². The summed E-state index contributed by atoms with van der Waals surface area (Å²) in [5.74, 6) is 0.995. The monoisotopic (exact) mass is 564 g/mol. The first-order valence-electron chi connectivity index (χ1n) is 13.8. The van der Waals surface area contributed by atoms with Gasteiger partial charge >= 0.3 is 6.18 Å². The zero-order valence-corrected chi connectivity index (χ0v) is 22.7. The average molecular weight is 565 g/mol. The Bertz CT molecular complexity index is 1620. The maximum Gasteiger partial charge on any atom is 0.449 e. The van der Waals surface area contributed by atoms with Crippen molar-refractivity contribution in [1.82, 2.24) is 24.8 Å². The van der Waals surface area contributed by atoms with E-state index in [1.165, 1.54) is 0 Å². The van der Waals surface area contributed by atoms with Gasteiger partial charge in [-0.05, 0) is 55.0 Å². The molecule has 0 radical (unpaired) electrons. The van der Waals surface area contributed by atoms with E-state index in [1.54, 1.807) is 18.2 Å². The normalized spacial score (nSPS) is 14.7. The summed E-state index contributed by atoms with van der Waals surface area (Å²) in [5, 5.41) is 0. The number of alkyl halides is 3. The van der Waals surface area contributed by atoms with Crippen molar-refractivity contribution >= 4 is 27.8 Å². The fourth-order valence-electron chi connectivity index (χ4n) is 5.09. The van der Waals surface area contributed by atoms with E-state index in [0.717, 1.165) is 66.5 Å². The lowest BCUT2D eigenvalue weighted by atomic mass is 10.2. The Morgan fingerprint density at radius 3 is 2.27 bits per heavy atom. The number of rotatable bonds is 9. The smallest absolute Gasteiger partial charge is 0.449 e. The van der Waals surface area contributed by atoms with Gasteiger partial charge in [-0.2, -0.15) is 13.2 Å². The molecule has 0 unspecified atom stereocenters. The molecule has 8 nitrogen and oxygen atoms in total. The lowest BCUT2D eigenvalue weighted by molar-refractivity contribution is -0.144. The van der Waals surface area contributed by atoms with Crippen molar-refractivity contribution in [2.24, 2.45) is 0 Å². The molecule has 11 heteroatoms. The molecule has 0 saturated carbocycles. The third-order valence-electron chi connectivity index (χ3n) is 7.21. The summed E-state index contributed by atoms with van der Waals surface area (Å²) in [6.07, 6.45) is -3.57. The van der Waals surface area contributed by atoms with Crippen LogP contribution in [0.15, 0.2) is 60.7 Å². The Hall–Kier alpha value is -4.25. The number of benzene rings is 3. The number of ether oxygens (including phenoxy) is 2. The van der Waals surface area contributed by atoms with Gasteiger partial charge in [-0.1, -0.05) is 19.1 Å². The van der Waals surface area contributed by atoms with Crippen molar-refractivity contribution in [3.63, 3.8) is 0 Å². The fraction of sp³-hybridized carbons (Fsp3) is 0.333. The number of anilines is 1. The highest BCUT2D eigenvalue weighted by atomic mass is 19.4. The van der Waals surface area contributed by atoms with Crippen LogP contribution in [0.4, 0.5) is 18.9 Å². The van der Waals surface area contributed by atoms with E-state index in [4.69, 9.17) is 14.5 Å². The summed E-state index contributed by atoms with van der Waals surface area (Å²) in [5.41, 5.74) is 4.52. The minimum Gasteiger partial charge on any atom is -0.494 e. The van der Waals surface area contributed by atoms with Crippen LogP contribution in [-0.4, -0.2) is 70.8 Å².